The van der Waals surface area contributed by atoms with Crippen molar-refractivity contribution in [3.63, 3.8) is 0 Å². The maximum Gasteiger partial charge on any atom is 0.364 e. The number of ether oxygens (including phenoxy) is 2. The van der Waals surface area contributed by atoms with Crippen LogP contribution in [-0.4, -0.2) is 46.3 Å². The summed E-state index contributed by atoms with van der Waals surface area (Å²) >= 11 is 0. The van der Waals surface area contributed by atoms with Crippen molar-refractivity contribution in [1.82, 2.24) is 0 Å². The summed E-state index contributed by atoms with van der Waals surface area (Å²) in [6.45, 7) is 11.8. The molecule has 1 aliphatic heterocycles. The monoisotopic (exact) mass is 262 g/mol. The van der Waals surface area contributed by atoms with Gasteiger partial charge in [-0.3, -0.25) is 0 Å². The molecule has 1 atom stereocenters. The Bertz CT molecular complexity index is 207. The molecule has 1 saturated heterocycles. The van der Waals surface area contributed by atoms with Crippen LogP contribution in [-0.2, 0) is 18.3 Å². The predicted octanol–water partition coefficient (Wildman–Crippen LogP) is 2.25. The summed E-state index contributed by atoms with van der Waals surface area (Å²) in [6.07, 6.45) is 1.26. The predicted molar refractivity (Wildman–Crippen MR) is 69.2 cm³/mol. The van der Waals surface area contributed by atoms with Crippen LogP contribution in [0.1, 0.15) is 34.6 Å². The third-order valence-corrected chi connectivity index (χ3v) is 5.99. The summed E-state index contributed by atoms with van der Waals surface area (Å²) in [5, 5.41) is 0. The van der Waals surface area contributed by atoms with Gasteiger partial charge in [0.15, 0.2) is 0 Å². The van der Waals surface area contributed by atoms with E-state index in [1.54, 1.807) is 0 Å². The van der Waals surface area contributed by atoms with Crippen LogP contribution < -0.4 is 0 Å². The van der Waals surface area contributed by atoms with Crippen LogP contribution in [0.4, 0.5) is 0 Å². The van der Waals surface area contributed by atoms with E-state index in [2.05, 4.69) is 6.92 Å². The second-order valence-corrected chi connectivity index (χ2v) is 8.36. The lowest BCUT2D eigenvalue weighted by Gasteiger charge is -2.33. The SMILES string of the molecule is CC[Si](COCC1CO1)(OC(C)C)OC(C)C. The van der Waals surface area contributed by atoms with Crippen molar-refractivity contribution in [3.05, 3.63) is 0 Å². The molecule has 0 aliphatic carbocycles. The third-order valence-electron chi connectivity index (χ3n) is 2.47. The smallest absolute Gasteiger partial charge is 0.364 e. The molecular formula is C12H26O4Si. The van der Waals surface area contributed by atoms with Gasteiger partial charge in [-0.25, -0.2) is 0 Å². The van der Waals surface area contributed by atoms with Gasteiger partial charge in [-0.15, -0.1) is 0 Å². The lowest BCUT2D eigenvalue weighted by atomic mass is 10.5. The van der Waals surface area contributed by atoms with Crippen LogP contribution in [0.3, 0.4) is 0 Å². The van der Waals surface area contributed by atoms with E-state index in [0.29, 0.717) is 18.9 Å². The molecule has 0 aromatic carbocycles. The van der Waals surface area contributed by atoms with Crippen molar-refractivity contribution >= 4 is 8.56 Å². The zero-order valence-corrected chi connectivity index (χ0v) is 12.7. The van der Waals surface area contributed by atoms with Crippen LogP contribution in [0.25, 0.3) is 0 Å². The molecule has 1 aliphatic rings. The average molecular weight is 262 g/mol. The van der Waals surface area contributed by atoms with Gasteiger partial charge in [-0.2, -0.15) is 0 Å². The van der Waals surface area contributed by atoms with Gasteiger partial charge in [-0.05, 0) is 33.7 Å². The van der Waals surface area contributed by atoms with Crippen molar-refractivity contribution < 1.29 is 18.3 Å². The van der Waals surface area contributed by atoms with E-state index in [0.717, 1.165) is 12.7 Å². The number of epoxide rings is 1. The molecule has 1 heterocycles. The Morgan fingerprint density at radius 3 is 2.06 bits per heavy atom. The largest absolute Gasteiger partial charge is 0.390 e. The second-order valence-electron chi connectivity index (χ2n) is 5.07. The Morgan fingerprint density at radius 1 is 1.18 bits per heavy atom. The average Bonchev–Trinajstić information content (AvgIpc) is 2.99. The van der Waals surface area contributed by atoms with E-state index >= 15 is 0 Å². The minimum absolute atomic E-state index is 0.182. The second kappa shape index (κ2) is 6.85. The molecule has 0 radical (unpaired) electrons. The fourth-order valence-electron chi connectivity index (χ4n) is 1.73. The molecule has 1 unspecified atom stereocenters. The van der Waals surface area contributed by atoms with Crippen LogP contribution in [0.2, 0.25) is 6.04 Å². The molecule has 0 N–H and O–H groups in total. The summed E-state index contributed by atoms with van der Waals surface area (Å²) in [6, 6.07) is 0.912. The van der Waals surface area contributed by atoms with E-state index in [4.69, 9.17) is 18.3 Å². The molecule has 0 saturated carbocycles. The highest BCUT2D eigenvalue weighted by atomic mass is 28.4. The summed E-state index contributed by atoms with van der Waals surface area (Å²) < 4.78 is 22.9. The van der Waals surface area contributed by atoms with Crippen molar-refractivity contribution in [3.8, 4) is 0 Å². The first-order valence-electron chi connectivity index (χ1n) is 6.52. The first-order valence-corrected chi connectivity index (χ1v) is 8.75. The molecule has 0 aromatic rings. The van der Waals surface area contributed by atoms with Crippen LogP contribution in [0.15, 0.2) is 0 Å². The van der Waals surface area contributed by atoms with Crippen molar-refractivity contribution in [2.24, 2.45) is 0 Å². The molecular weight excluding hydrogens is 236 g/mol. The molecule has 17 heavy (non-hydrogen) atoms. The Kier molecular flexibility index (Phi) is 6.09. The van der Waals surface area contributed by atoms with Crippen molar-refractivity contribution in [2.45, 2.75) is 59.0 Å². The number of rotatable bonds is 9. The van der Waals surface area contributed by atoms with E-state index in [1.165, 1.54) is 0 Å². The molecule has 0 amide bonds. The Hall–Kier alpha value is 0.0569. The highest BCUT2D eigenvalue weighted by Crippen LogP contribution is 2.19. The first-order chi connectivity index (χ1) is 7.97. The molecule has 1 fully saturated rings. The molecule has 102 valence electrons. The van der Waals surface area contributed by atoms with Crippen molar-refractivity contribution in [2.75, 3.05) is 19.4 Å². The van der Waals surface area contributed by atoms with E-state index in [1.807, 2.05) is 27.7 Å². The van der Waals surface area contributed by atoms with Gasteiger partial charge in [0.2, 0.25) is 0 Å². The van der Waals surface area contributed by atoms with Gasteiger partial charge < -0.3 is 18.3 Å². The molecule has 5 heteroatoms. The highest BCUT2D eigenvalue weighted by Gasteiger charge is 2.39. The normalized spacial score (nSPS) is 20.3. The van der Waals surface area contributed by atoms with Gasteiger partial charge in [-0.1, -0.05) is 6.92 Å². The van der Waals surface area contributed by atoms with Gasteiger partial charge in [0.05, 0.1) is 19.4 Å². The van der Waals surface area contributed by atoms with Crippen LogP contribution in [0.5, 0.6) is 0 Å². The van der Waals surface area contributed by atoms with Crippen LogP contribution in [0, 0.1) is 0 Å². The summed E-state index contributed by atoms with van der Waals surface area (Å²) in [5.41, 5.74) is 0. The number of hydrogen-bond acceptors (Lipinski definition) is 4. The highest BCUT2D eigenvalue weighted by molar-refractivity contribution is 6.67. The summed E-state index contributed by atoms with van der Waals surface area (Å²) in [4.78, 5) is 0. The fourth-order valence-corrected chi connectivity index (χ4v) is 4.61. The molecule has 0 aromatic heterocycles. The van der Waals surface area contributed by atoms with E-state index < -0.39 is 8.56 Å². The van der Waals surface area contributed by atoms with Gasteiger partial charge in [0.1, 0.15) is 6.10 Å². The lowest BCUT2D eigenvalue weighted by Crippen LogP contribution is -2.50. The van der Waals surface area contributed by atoms with E-state index in [9.17, 15) is 0 Å². The summed E-state index contributed by atoms with van der Waals surface area (Å²) in [5.74, 6) is 0. The Balaban J connectivity index is 2.46. The quantitative estimate of drug-likeness (QED) is 0.472. The molecule has 4 nitrogen and oxygen atoms in total. The third kappa shape index (κ3) is 5.97. The molecule has 0 spiro atoms. The first kappa shape index (κ1) is 15.1. The molecule has 0 bridgehead atoms. The van der Waals surface area contributed by atoms with E-state index in [-0.39, 0.29) is 12.2 Å². The molecule has 1 rings (SSSR count). The minimum Gasteiger partial charge on any atom is -0.390 e. The number of hydrogen-bond donors (Lipinski definition) is 0. The van der Waals surface area contributed by atoms with Gasteiger partial charge in [0, 0.05) is 12.2 Å². The topological polar surface area (TPSA) is 40.2 Å². The zero-order chi connectivity index (χ0) is 12.9. The lowest BCUT2D eigenvalue weighted by molar-refractivity contribution is 0.0600. The van der Waals surface area contributed by atoms with Gasteiger partial charge >= 0.3 is 8.56 Å². The Morgan fingerprint density at radius 2 is 1.71 bits per heavy atom. The Labute approximate surface area is 106 Å². The fraction of sp³-hybridized carbons (Fsp3) is 1.00. The zero-order valence-electron chi connectivity index (χ0n) is 11.7. The maximum absolute atomic E-state index is 6.05. The van der Waals surface area contributed by atoms with Crippen LogP contribution >= 0.6 is 0 Å². The standard InChI is InChI=1S/C12H26O4Si/c1-6-17(15-10(2)3,16-11(4)5)9-13-7-12-8-14-12/h10-12H,6-9H2,1-5H3. The summed E-state index contributed by atoms with van der Waals surface area (Å²) in [7, 11) is -2.21. The van der Waals surface area contributed by atoms with Gasteiger partial charge in [0.25, 0.3) is 0 Å². The minimum atomic E-state index is -2.21. The van der Waals surface area contributed by atoms with Crippen molar-refractivity contribution in [1.29, 1.82) is 0 Å². The maximum atomic E-state index is 6.05.